The Morgan fingerprint density at radius 1 is 1.32 bits per heavy atom. The summed E-state index contributed by atoms with van der Waals surface area (Å²) < 4.78 is 14.3. The van der Waals surface area contributed by atoms with Gasteiger partial charge in [-0.15, -0.1) is 0 Å². The summed E-state index contributed by atoms with van der Waals surface area (Å²) in [6, 6.07) is 6.06. The molecule has 1 aromatic carbocycles. The maximum absolute atomic E-state index is 13.9. The summed E-state index contributed by atoms with van der Waals surface area (Å²) in [5, 5.41) is 3.56. The zero-order valence-electron chi connectivity index (χ0n) is 10.7. The minimum atomic E-state index is -0.426. The third kappa shape index (κ3) is 2.75. The highest BCUT2D eigenvalue weighted by Crippen LogP contribution is 2.33. The Morgan fingerprint density at radius 3 is 2.68 bits per heavy atom. The number of fused-ring (bicyclic) bond motifs is 2. The van der Waals surface area contributed by atoms with Gasteiger partial charge in [-0.25, -0.2) is 4.39 Å². The van der Waals surface area contributed by atoms with Crippen molar-refractivity contribution in [2.45, 2.75) is 44.2 Å². The van der Waals surface area contributed by atoms with E-state index >= 15 is 0 Å². The summed E-state index contributed by atoms with van der Waals surface area (Å²) in [6.07, 6.45) is 5.03. The van der Waals surface area contributed by atoms with E-state index < -0.39 is 5.82 Å². The van der Waals surface area contributed by atoms with Gasteiger partial charge >= 0.3 is 0 Å². The smallest absolute Gasteiger partial charge is 0.166 e. The summed E-state index contributed by atoms with van der Waals surface area (Å²) >= 11 is 3.13. The predicted molar refractivity (Wildman–Crippen MR) is 75.7 cm³/mol. The second-order valence-electron chi connectivity index (χ2n) is 5.70. The van der Waals surface area contributed by atoms with E-state index in [4.69, 9.17) is 0 Å². The molecule has 2 saturated heterocycles. The van der Waals surface area contributed by atoms with Gasteiger partial charge in [0.05, 0.1) is 10.0 Å². The van der Waals surface area contributed by atoms with Crippen LogP contribution in [0.15, 0.2) is 22.7 Å². The Kier molecular flexibility index (Phi) is 3.72. The fraction of sp³-hybridized carbons (Fsp3) is 0.533. The number of nitrogens with one attached hydrogen (secondary N) is 1. The van der Waals surface area contributed by atoms with Gasteiger partial charge in [0.25, 0.3) is 0 Å². The summed E-state index contributed by atoms with van der Waals surface area (Å²) in [6.45, 7) is 0. The molecular formula is C15H17BrFNO. The van der Waals surface area contributed by atoms with Gasteiger partial charge in [0, 0.05) is 18.5 Å². The number of hydrogen-bond acceptors (Lipinski definition) is 2. The average molecular weight is 326 g/mol. The van der Waals surface area contributed by atoms with Crippen molar-refractivity contribution < 1.29 is 9.18 Å². The third-order valence-electron chi connectivity index (χ3n) is 4.30. The fourth-order valence-corrected chi connectivity index (χ4v) is 3.80. The molecule has 0 amide bonds. The number of carbonyl (C=O) groups is 1. The van der Waals surface area contributed by atoms with Gasteiger partial charge in [0.15, 0.2) is 5.78 Å². The van der Waals surface area contributed by atoms with Crippen LogP contribution in [0.1, 0.15) is 42.5 Å². The van der Waals surface area contributed by atoms with Crippen molar-refractivity contribution in [1.82, 2.24) is 5.32 Å². The number of rotatable bonds is 3. The number of halogens is 2. The Morgan fingerprint density at radius 2 is 2.00 bits per heavy atom. The molecule has 2 heterocycles. The second kappa shape index (κ2) is 5.33. The van der Waals surface area contributed by atoms with Gasteiger partial charge in [-0.1, -0.05) is 6.07 Å². The monoisotopic (exact) mass is 325 g/mol. The highest BCUT2D eigenvalue weighted by atomic mass is 79.9. The van der Waals surface area contributed by atoms with Crippen molar-refractivity contribution in [3.8, 4) is 0 Å². The van der Waals surface area contributed by atoms with Crippen LogP contribution in [0.3, 0.4) is 0 Å². The highest BCUT2D eigenvalue weighted by molar-refractivity contribution is 9.10. The lowest BCUT2D eigenvalue weighted by Crippen LogP contribution is -2.38. The molecule has 4 heteroatoms. The molecule has 3 rings (SSSR count). The molecule has 0 aromatic heterocycles. The minimum Gasteiger partial charge on any atom is -0.311 e. The predicted octanol–water partition coefficient (Wildman–Crippen LogP) is 3.69. The lowest BCUT2D eigenvalue weighted by molar-refractivity contribution is 0.0941. The van der Waals surface area contributed by atoms with Gasteiger partial charge in [-0.2, -0.15) is 0 Å². The lowest BCUT2D eigenvalue weighted by atomic mass is 9.87. The standard InChI is InChI=1S/C15H17BrFNO/c16-13-3-1-2-12(15(13)17)14(19)8-9-6-10-4-5-11(7-9)18-10/h1-3,9-11,18H,4-8H2. The van der Waals surface area contributed by atoms with E-state index in [9.17, 15) is 9.18 Å². The van der Waals surface area contributed by atoms with Crippen LogP contribution >= 0.6 is 15.9 Å². The molecule has 0 aliphatic carbocycles. The van der Waals surface area contributed by atoms with Crippen molar-refractivity contribution in [2.24, 2.45) is 5.92 Å². The van der Waals surface area contributed by atoms with Crippen LogP contribution in [-0.2, 0) is 0 Å². The fourth-order valence-electron chi connectivity index (χ4n) is 3.43. The summed E-state index contributed by atoms with van der Waals surface area (Å²) in [7, 11) is 0. The Balaban J connectivity index is 1.70. The molecule has 0 spiro atoms. The Bertz CT molecular complexity index is 493. The SMILES string of the molecule is O=C(CC1CC2CCC(C1)N2)c1cccc(Br)c1F. The lowest BCUT2D eigenvalue weighted by Gasteiger charge is -2.28. The molecule has 2 aliphatic heterocycles. The number of benzene rings is 1. The minimum absolute atomic E-state index is 0.0647. The first-order valence-electron chi connectivity index (χ1n) is 6.86. The quantitative estimate of drug-likeness (QED) is 0.859. The van der Waals surface area contributed by atoms with Gasteiger partial charge in [0.2, 0.25) is 0 Å². The largest absolute Gasteiger partial charge is 0.311 e. The molecule has 2 aliphatic rings. The van der Waals surface area contributed by atoms with Gasteiger partial charge in [-0.3, -0.25) is 4.79 Å². The number of piperidine rings is 1. The molecule has 1 aromatic rings. The molecule has 102 valence electrons. The van der Waals surface area contributed by atoms with Crippen LogP contribution < -0.4 is 5.32 Å². The maximum Gasteiger partial charge on any atom is 0.166 e. The van der Waals surface area contributed by atoms with E-state index in [2.05, 4.69) is 21.2 Å². The Labute approximate surface area is 120 Å². The Hall–Kier alpha value is -0.740. The van der Waals surface area contributed by atoms with Crippen LogP contribution in [0, 0.1) is 11.7 Å². The first-order valence-corrected chi connectivity index (χ1v) is 7.66. The molecular weight excluding hydrogens is 309 g/mol. The molecule has 2 fully saturated rings. The van der Waals surface area contributed by atoms with Gasteiger partial charge in [0.1, 0.15) is 5.82 Å². The van der Waals surface area contributed by atoms with Gasteiger partial charge in [-0.05, 0) is 59.7 Å². The van der Waals surface area contributed by atoms with E-state index in [0.717, 1.165) is 12.8 Å². The molecule has 0 saturated carbocycles. The highest BCUT2D eigenvalue weighted by Gasteiger charge is 2.34. The van der Waals surface area contributed by atoms with Gasteiger partial charge < -0.3 is 5.32 Å². The van der Waals surface area contributed by atoms with Crippen LogP contribution in [-0.4, -0.2) is 17.9 Å². The van der Waals surface area contributed by atoms with Crippen molar-refractivity contribution in [3.63, 3.8) is 0 Å². The van der Waals surface area contributed by atoms with Crippen LogP contribution in [0.2, 0.25) is 0 Å². The van der Waals surface area contributed by atoms with Crippen LogP contribution in [0.25, 0.3) is 0 Å². The molecule has 2 nitrogen and oxygen atoms in total. The van der Waals surface area contributed by atoms with Crippen LogP contribution in [0.4, 0.5) is 4.39 Å². The van der Waals surface area contributed by atoms with E-state index in [0.29, 0.717) is 28.9 Å². The number of hydrogen-bond donors (Lipinski definition) is 1. The number of carbonyl (C=O) groups excluding carboxylic acids is 1. The van der Waals surface area contributed by atoms with E-state index in [1.54, 1.807) is 18.2 Å². The third-order valence-corrected chi connectivity index (χ3v) is 4.91. The first-order chi connectivity index (χ1) is 9.13. The zero-order valence-corrected chi connectivity index (χ0v) is 12.2. The van der Waals surface area contributed by atoms with Crippen molar-refractivity contribution in [1.29, 1.82) is 0 Å². The molecule has 2 bridgehead atoms. The number of ketones is 1. The number of Topliss-reactive ketones (excluding diaryl/α,β-unsaturated/α-hetero) is 1. The molecule has 0 radical (unpaired) electrons. The molecule has 2 atom stereocenters. The summed E-state index contributed by atoms with van der Waals surface area (Å²) in [5.74, 6) is -0.0841. The van der Waals surface area contributed by atoms with Crippen molar-refractivity contribution in [3.05, 3.63) is 34.1 Å². The van der Waals surface area contributed by atoms with E-state index in [1.807, 2.05) is 0 Å². The molecule has 2 unspecified atom stereocenters. The zero-order chi connectivity index (χ0) is 13.4. The first kappa shape index (κ1) is 13.3. The molecule has 1 N–H and O–H groups in total. The summed E-state index contributed by atoms with van der Waals surface area (Å²) in [5.41, 5.74) is 0.222. The summed E-state index contributed by atoms with van der Waals surface area (Å²) in [4.78, 5) is 12.2. The second-order valence-corrected chi connectivity index (χ2v) is 6.56. The van der Waals surface area contributed by atoms with Crippen molar-refractivity contribution in [2.75, 3.05) is 0 Å². The van der Waals surface area contributed by atoms with E-state index in [-0.39, 0.29) is 11.3 Å². The topological polar surface area (TPSA) is 29.1 Å². The maximum atomic E-state index is 13.9. The average Bonchev–Trinajstić information content (AvgIpc) is 2.72. The normalized spacial score (nSPS) is 29.5. The molecule has 19 heavy (non-hydrogen) atoms. The van der Waals surface area contributed by atoms with Crippen LogP contribution in [0.5, 0.6) is 0 Å². The van der Waals surface area contributed by atoms with Crippen molar-refractivity contribution >= 4 is 21.7 Å². The van der Waals surface area contributed by atoms with E-state index in [1.165, 1.54) is 12.8 Å².